The zero-order valence-corrected chi connectivity index (χ0v) is 12.4. The monoisotopic (exact) mass is 265 g/mol. The van der Waals surface area contributed by atoms with Gasteiger partial charge in [-0.05, 0) is 46.7 Å². The maximum Gasteiger partial charge on any atom is 0.0555 e. The van der Waals surface area contributed by atoms with E-state index < -0.39 is 0 Å². The SMILES string of the molecule is CN(C)CCCN(C)Cc1cc(C#CCN)cs1. The number of hydrogen-bond acceptors (Lipinski definition) is 4. The Morgan fingerprint density at radius 3 is 2.72 bits per heavy atom. The van der Waals surface area contributed by atoms with Gasteiger partial charge in [-0.15, -0.1) is 11.3 Å². The molecule has 4 heteroatoms. The van der Waals surface area contributed by atoms with Crippen LogP contribution in [0, 0.1) is 11.8 Å². The summed E-state index contributed by atoms with van der Waals surface area (Å²) in [5.41, 5.74) is 6.45. The Bertz CT molecular complexity index is 401. The molecule has 0 aliphatic rings. The fourth-order valence-corrected chi connectivity index (χ4v) is 2.58. The van der Waals surface area contributed by atoms with Gasteiger partial charge in [0.2, 0.25) is 0 Å². The summed E-state index contributed by atoms with van der Waals surface area (Å²) in [5.74, 6) is 5.95. The van der Waals surface area contributed by atoms with E-state index in [4.69, 9.17) is 5.73 Å². The molecule has 18 heavy (non-hydrogen) atoms. The highest BCUT2D eigenvalue weighted by Gasteiger charge is 2.03. The first-order valence-corrected chi connectivity index (χ1v) is 7.09. The number of thiophene rings is 1. The van der Waals surface area contributed by atoms with Crippen molar-refractivity contribution in [2.24, 2.45) is 5.73 Å². The molecular weight excluding hydrogens is 242 g/mol. The summed E-state index contributed by atoms with van der Waals surface area (Å²) in [6, 6.07) is 2.16. The van der Waals surface area contributed by atoms with Crippen molar-refractivity contribution in [3.8, 4) is 11.8 Å². The van der Waals surface area contributed by atoms with Crippen LogP contribution in [0.5, 0.6) is 0 Å². The van der Waals surface area contributed by atoms with Gasteiger partial charge in [-0.3, -0.25) is 0 Å². The molecule has 1 heterocycles. The van der Waals surface area contributed by atoms with E-state index in [1.807, 2.05) is 0 Å². The molecule has 0 atom stereocenters. The minimum Gasteiger partial charge on any atom is -0.320 e. The number of nitrogens with zero attached hydrogens (tertiary/aromatic N) is 2. The lowest BCUT2D eigenvalue weighted by molar-refractivity contribution is 0.296. The van der Waals surface area contributed by atoms with Gasteiger partial charge in [-0.1, -0.05) is 11.8 Å². The molecule has 1 aromatic rings. The van der Waals surface area contributed by atoms with Crippen LogP contribution in [0.3, 0.4) is 0 Å². The Morgan fingerprint density at radius 2 is 2.06 bits per heavy atom. The molecule has 0 aliphatic carbocycles. The molecule has 0 saturated carbocycles. The van der Waals surface area contributed by atoms with E-state index in [0.717, 1.165) is 25.2 Å². The fraction of sp³-hybridized carbons (Fsp3) is 0.571. The molecular formula is C14H23N3S. The zero-order chi connectivity index (χ0) is 13.4. The van der Waals surface area contributed by atoms with Gasteiger partial charge in [0.1, 0.15) is 0 Å². The van der Waals surface area contributed by atoms with Crippen LogP contribution in [-0.4, -0.2) is 50.6 Å². The van der Waals surface area contributed by atoms with Crippen molar-refractivity contribution in [3.63, 3.8) is 0 Å². The second-order valence-electron chi connectivity index (χ2n) is 4.70. The Kier molecular flexibility index (Phi) is 6.99. The molecule has 0 aliphatic heterocycles. The molecule has 100 valence electrons. The fourth-order valence-electron chi connectivity index (χ4n) is 1.68. The second kappa shape index (κ2) is 8.28. The molecule has 2 N–H and O–H groups in total. The van der Waals surface area contributed by atoms with Crippen LogP contribution in [0.2, 0.25) is 0 Å². The first-order chi connectivity index (χ1) is 8.61. The average molecular weight is 265 g/mol. The lowest BCUT2D eigenvalue weighted by Gasteiger charge is -2.17. The van der Waals surface area contributed by atoms with Crippen molar-refractivity contribution in [1.29, 1.82) is 0 Å². The van der Waals surface area contributed by atoms with Crippen molar-refractivity contribution in [2.45, 2.75) is 13.0 Å². The van der Waals surface area contributed by atoms with Gasteiger partial charge in [0, 0.05) is 22.4 Å². The van der Waals surface area contributed by atoms with E-state index in [0.29, 0.717) is 6.54 Å². The van der Waals surface area contributed by atoms with E-state index in [1.54, 1.807) is 11.3 Å². The topological polar surface area (TPSA) is 32.5 Å². The van der Waals surface area contributed by atoms with Gasteiger partial charge in [0.15, 0.2) is 0 Å². The summed E-state index contributed by atoms with van der Waals surface area (Å²) < 4.78 is 0. The zero-order valence-electron chi connectivity index (χ0n) is 11.6. The second-order valence-corrected chi connectivity index (χ2v) is 5.70. The standard InChI is InChI=1S/C14H23N3S/c1-16(2)8-5-9-17(3)11-14-10-13(12-18-14)6-4-7-15/h10,12H,5,7-9,11,15H2,1-3H3. The van der Waals surface area contributed by atoms with E-state index >= 15 is 0 Å². The van der Waals surface area contributed by atoms with Crippen LogP contribution < -0.4 is 5.73 Å². The van der Waals surface area contributed by atoms with Crippen LogP contribution in [0.1, 0.15) is 16.9 Å². The van der Waals surface area contributed by atoms with E-state index in [-0.39, 0.29) is 0 Å². The predicted octanol–water partition coefficient (Wildman–Crippen LogP) is 1.44. The Labute approximate surface area is 115 Å². The van der Waals surface area contributed by atoms with Crippen molar-refractivity contribution >= 4 is 11.3 Å². The molecule has 0 radical (unpaired) electrons. The van der Waals surface area contributed by atoms with Crippen LogP contribution in [0.4, 0.5) is 0 Å². The van der Waals surface area contributed by atoms with Gasteiger partial charge in [0.25, 0.3) is 0 Å². The van der Waals surface area contributed by atoms with Gasteiger partial charge < -0.3 is 15.5 Å². The van der Waals surface area contributed by atoms with Crippen molar-refractivity contribution < 1.29 is 0 Å². The van der Waals surface area contributed by atoms with Gasteiger partial charge >= 0.3 is 0 Å². The molecule has 0 bridgehead atoms. The highest BCUT2D eigenvalue weighted by atomic mass is 32.1. The predicted molar refractivity (Wildman–Crippen MR) is 79.8 cm³/mol. The summed E-state index contributed by atoms with van der Waals surface area (Å²) >= 11 is 1.77. The molecule has 0 fully saturated rings. The average Bonchev–Trinajstić information content (AvgIpc) is 2.73. The third-order valence-electron chi connectivity index (χ3n) is 2.56. The number of rotatable bonds is 6. The van der Waals surface area contributed by atoms with E-state index in [1.165, 1.54) is 11.3 Å². The van der Waals surface area contributed by atoms with Gasteiger partial charge in [-0.25, -0.2) is 0 Å². The third kappa shape index (κ3) is 6.18. The first kappa shape index (κ1) is 15.2. The van der Waals surface area contributed by atoms with Crippen molar-refractivity contribution in [1.82, 2.24) is 9.80 Å². The van der Waals surface area contributed by atoms with Gasteiger partial charge in [-0.2, -0.15) is 0 Å². The Morgan fingerprint density at radius 1 is 1.28 bits per heavy atom. The quantitative estimate of drug-likeness (QED) is 0.790. The minimum atomic E-state index is 0.426. The van der Waals surface area contributed by atoms with Gasteiger partial charge in [0.05, 0.1) is 6.54 Å². The molecule has 0 saturated heterocycles. The molecule has 0 spiro atoms. The van der Waals surface area contributed by atoms with Crippen molar-refractivity contribution in [2.75, 3.05) is 40.8 Å². The maximum atomic E-state index is 5.36. The van der Waals surface area contributed by atoms with Crippen LogP contribution >= 0.6 is 11.3 Å². The van der Waals surface area contributed by atoms with Crippen LogP contribution in [0.25, 0.3) is 0 Å². The van der Waals surface area contributed by atoms with Crippen LogP contribution in [0.15, 0.2) is 11.4 Å². The van der Waals surface area contributed by atoms with Crippen molar-refractivity contribution in [3.05, 3.63) is 21.9 Å². The van der Waals surface area contributed by atoms with E-state index in [9.17, 15) is 0 Å². The Hall–Kier alpha value is -0.860. The lowest BCUT2D eigenvalue weighted by Crippen LogP contribution is -2.23. The van der Waals surface area contributed by atoms with Crippen LogP contribution in [-0.2, 0) is 6.54 Å². The Balaban J connectivity index is 2.35. The highest BCUT2D eigenvalue weighted by molar-refractivity contribution is 7.10. The molecule has 0 aromatic carbocycles. The minimum absolute atomic E-state index is 0.426. The molecule has 3 nitrogen and oxygen atoms in total. The third-order valence-corrected chi connectivity index (χ3v) is 3.48. The first-order valence-electron chi connectivity index (χ1n) is 6.21. The molecule has 1 aromatic heterocycles. The number of hydrogen-bond donors (Lipinski definition) is 1. The highest BCUT2D eigenvalue weighted by Crippen LogP contribution is 2.15. The summed E-state index contributed by atoms with van der Waals surface area (Å²) in [5, 5.41) is 2.10. The summed E-state index contributed by atoms with van der Waals surface area (Å²) in [6.07, 6.45) is 1.20. The summed E-state index contributed by atoms with van der Waals surface area (Å²) in [4.78, 5) is 5.94. The summed E-state index contributed by atoms with van der Waals surface area (Å²) in [7, 11) is 6.39. The smallest absolute Gasteiger partial charge is 0.0555 e. The summed E-state index contributed by atoms with van der Waals surface area (Å²) in [6.45, 7) is 3.69. The molecule has 1 rings (SSSR count). The maximum absolute atomic E-state index is 5.36. The molecule has 0 unspecified atom stereocenters. The molecule has 0 amide bonds. The van der Waals surface area contributed by atoms with E-state index in [2.05, 4.69) is 54.2 Å². The number of nitrogens with two attached hydrogens (primary N) is 1. The normalized spacial score (nSPS) is 10.8. The largest absolute Gasteiger partial charge is 0.320 e. The lowest BCUT2D eigenvalue weighted by atomic mass is 10.3.